The summed E-state index contributed by atoms with van der Waals surface area (Å²) in [5.74, 6) is 0. The van der Waals surface area contributed by atoms with Crippen LogP contribution in [0.5, 0.6) is 0 Å². The Morgan fingerprint density at radius 1 is 1.10 bits per heavy atom. The summed E-state index contributed by atoms with van der Waals surface area (Å²) in [5, 5.41) is 0. The lowest BCUT2D eigenvalue weighted by Crippen LogP contribution is -2.23. The molecule has 0 heterocycles. The summed E-state index contributed by atoms with van der Waals surface area (Å²) in [6, 6.07) is 15.0. The van der Waals surface area contributed by atoms with Crippen LogP contribution >= 0.6 is 0 Å². The number of nitrogens with two attached hydrogens (primary N) is 1. The maximum Gasteiger partial charge on any atom is 0.175 e. The van der Waals surface area contributed by atoms with E-state index in [0.29, 0.717) is 5.69 Å². The third-order valence-electron chi connectivity index (χ3n) is 3.37. The monoisotopic (exact) mass is 304 g/mol. The average molecular weight is 304 g/mol. The molecule has 0 aliphatic rings. The van der Waals surface area contributed by atoms with Gasteiger partial charge in [-0.25, -0.2) is 8.42 Å². The van der Waals surface area contributed by atoms with Crippen molar-refractivity contribution in [3.05, 3.63) is 54.1 Å². The molecule has 0 radical (unpaired) electrons. The molecule has 112 valence electrons. The number of rotatable bonds is 5. The van der Waals surface area contributed by atoms with E-state index < -0.39 is 9.84 Å². The number of nitrogen functional groups attached to an aromatic ring is 1. The maximum atomic E-state index is 11.6. The average Bonchev–Trinajstić information content (AvgIpc) is 2.45. The van der Waals surface area contributed by atoms with Crippen LogP contribution in [0.2, 0.25) is 0 Å². The molecule has 0 atom stereocenters. The Hall–Kier alpha value is -2.01. The predicted molar refractivity (Wildman–Crippen MR) is 87.1 cm³/mol. The largest absolute Gasteiger partial charge is 0.397 e. The summed E-state index contributed by atoms with van der Waals surface area (Å²) >= 11 is 0. The molecule has 21 heavy (non-hydrogen) atoms. The Bertz CT molecular complexity index is 712. The SMILES string of the molecule is CCN(Cc1ccccc1)c1ccc(S(C)(=O)=O)cc1N. The van der Waals surface area contributed by atoms with Gasteiger partial charge in [0.1, 0.15) is 0 Å². The van der Waals surface area contributed by atoms with Crippen molar-refractivity contribution in [3.63, 3.8) is 0 Å². The van der Waals surface area contributed by atoms with Gasteiger partial charge in [-0.2, -0.15) is 0 Å². The normalized spacial score (nSPS) is 11.3. The quantitative estimate of drug-likeness (QED) is 0.863. The maximum absolute atomic E-state index is 11.6. The van der Waals surface area contributed by atoms with Gasteiger partial charge in [-0.1, -0.05) is 30.3 Å². The molecule has 2 aromatic rings. The highest BCUT2D eigenvalue weighted by atomic mass is 32.2. The van der Waals surface area contributed by atoms with Crippen molar-refractivity contribution in [3.8, 4) is 0 Å². The lowest BCUT2D eigenvalue weighted by Gasteiger charge is -2.25. The molecular formula is C16H20N2O2S. The highest BCUT2D eigenvalue weighted by molar-refractivity contribution is 7.90. The van der Waals surface area contributed by atoms with E-state index in [1.165, 1.54) is 17.9 Å². The van der Waals surface area contributed by atoms with Crippen LogP contribution in [0, 0.1) is 0 Å². The molecular weight excluding hydrogens is 284 g/mol. The van der Waals surface area contributed by atoms with Crippen molar-refractivity contribution >= 4 is 21.2 Å². The fourth-order valence-corrected chi connectivity index (χ4v) is 2.88. The van der Waals surface area contributed by atoms with Gasteiger partial charge in [0.2, 0.25) is 0 Å². The van der Waals surface area contributed by atoms with Crippen molar-refractivity contribution in [1.82, 2.24) is 0 Å². The van der Waals surface area contributed by atoms with Gasteiger partial charge in [-0.05, 0) is 30.7 Å². The van der Waals surface area contributed by atoms with E-state index in [4.69, 9.17) is 5.73 Å². The molecule has 0 unspecified atom stereocenters. The van der Waals surface area contributed by atoms with Gasteiger partial charge >= 0.3 is 0 Å². The van der Waals surface area contributed by atoms with Crippen LogP contribution in [-0.4, -0.2) is 21.2 Å². The van der Waals surface area contributed by atoms with Crippen molar-refractivity contribution in [2.24, 2.45) is 0 Å². The van der Waals surface area contributed by atoms with Crippen LogP contribution in [0.1, 0.15) is 12.5 Å². The first-order valence-electron chi connectivity index (χ1n) is 6.80. The number of hydrogen-bond donors (Lipinski definition) is 1. The first-order chi connectivity index (χ1) is 9.91. The lowest BCUT2D eigenvalue weighted by atomic mass is 10.2. The van der Waals surface area contributed by atoms with E-state index in [1.54, 1.807) is 12.1 Å². The van der Waals surface area contributed by atoms with Crippen LogP contribution in [0.3, 0.4) is 0 Å². The van der Waals surface area contributed by atoms with Gasteiger partial charge in [0, 0.05) is 19.3 Å². The van der Waals surface area contributed by atoms with Crippen molar-refractivity contribution in [1.29, 1.82) is 0 Å². The Morgan fingerprint density at radius 2 is 1.76 bits per heavy atom. The number of anilines is 2. The molecule has 0 fully saturated rings. The van der Waals surface area contributed by atoms with Gasteiger partial charge in [0.05, 0.1) is 16.3 Å². The van der Waals surface area contributed by atoms with Gasteiger partial charge < -0.3 is 10.6 Å². The molecule has 0 aliphatic heterocycles. The zero-order valence-electron chi connectivity index (χ0n) is 12.3. The van der Waals surface area contributed by atoms with Gasteiger partial charge in [0.25, 0.3) is 0 Å². The van der Waals surface area contributed by atoms with Crippen molar-refractivity contribution in [2.75, 3.05) is 23.4 Å². The molecule has 0 spiro atoms. The van der Waals surface area contributed by atoms with Crippen LogP contribution in [-0.2, 0) is 16.4 Å². The zero-order chi connectivity index (χ0) is 15.5. The van der Waals surface area contributed by atoms with Gasteiger partial charge in [-0.15, -0.1) is 0 Å². The number of nitrogens with zero attached hydrogens (tertiary/aromatic N) is 1. The molecule has 0 amide bonds. The fourth-order valence-electron chi connectivity index (χ4n) is 2.22. The zero-order valence-corrected chi connectivity index (χ0v) is 13.1. The second-order valence-electron chi connectivity index (χ2n) is 4.99. The molecule has 0 aromatic heterocycles. The van der Waals surface area contributed by atoms with E-state index in [1.807, 2.05) is 25.1 Å². The van der Waals surface area contributed by atoms with E-state index >= 15 is 0 Å². The highest BCUT2D eigenvalue weighted by Gasteiger charge is 2.13. The molecule has 0 saturated carbocycles. The van der Waals surface area contributed by atoms with Crippen LogP contribution in [0.15, 0.2) is 53.4 Å². The minimum atomic E-state index is -3.23. The molecule has 2 aromatic carbocycles. The summed E-state index contributed by atoms with van der Waals surface area (Å²) in [7, 11) is -3.23. The summed E-state index contributed by atoms with van der Waals surface area (Å²) < 4.78 is 23.1. The summed E-state index contributed by atoms with van der Waals surface area (Å²) in [6.45, 7) is 3.57. The van der Waals surface area contributed by atoms with Crippen LogP contribution in [0.25, 0.3) is 0 Å². The van der Waals surface area contributed by atoms with E-state index in [9.17, 15) is 8.42 Å². The number of sulfone groups is 1. The van der Waals surface area contributed by atoms with E-state index in [-0.39, 0.29) is 4.90 Å². The van der Waals surface area contributed by atoms with Crippen LogP contribution in [0.4, 0.5) is 11.4 Å². The predicted octanol–water partition coefficient (Wildman–Crippen LogP) is 2.70. The minimum absolute atomic E-state index is 0.250. The third kappa shape index (κ3) is 3.76. The Kier molecular flexibility index (Phi) is 4.53. The van der Waals surface area contributed by atoms with Crippen molar-refractivity contribution < 1.29 is 8.42 Å². The molecule has 0 saturated heterocycles. The van der Waals surface area contributed by atoms with E-state index in [0.717, 1.165) is 18.8 Å². The molecule has 5 heteroatoms. The Balaban J connectivity index is 2.31. The third-order valence-corrected chi connectivity index (χ3v) is 4.48. The van der Waals surface area contributed by atoms with Crippen molar-refractivity contribution in [2.45, 2.75) is 18.4 Å². The Morgan fingerprint density at radius 3 is 2.29 bits per heavy atom. The number of hydrogen-bond acceptors (Lipinski definition) is 4. The summed E-state index contributed by atoms with van der Waals surface area (Å²) in [4.78, 5) is 2.37. The fraction of sp³-hybridized carbons (Fsp3) is 0.250. The second-order valence-corrected chi connectivity index (χ2v) is 7.01. The van der Waals surface area contributed by atoms with Gasteiger partial charge in [-0.3, -0.25) is 0 Å². The Labute approximate surface area is 126 Å². The highest BCUT2D eigenvalue weighted by Crippen LogP contribution is 2.27. The molecule has 2 rings (SSSR count). The molecule has 0 aliphatic carbocycles. The second kappa shape index (κ2) is 6.18. The molecule has 2 N–H and O–H groups in total. The smallest absolute Gasteiger partial charge is 0.175 e. The van der Waals surface area contributed by atoms with Gasteiger partial charge in [0.15, 0.2) is 9.84 Å². The van der Waals surface area contributed by atoms with E-state index in [2.05, 4.69) is 17.0 Å². The standard InChI is InChI=1S/C16H20N2O2S/c1-3-18(12-13-7-5-4-6-8-13)16-10-9-14(11-15(16)17)21(2,19)20/h4-11H,3,12,17H2,1-2H3. The topological polar surface area (TPSA) is 63.4 Å². The first-order valence-corrected chi connectivity index (χ1v) is 8.69. The summed E-state index contributed by atoms with van der Waals surface area (Å²) in [5.41, 5.74) is 8.57. The first kappa shape index (κ1) is 15.4. The number of benzene rings is 2. The molecule has 0 bridgehead atoms. The summed E-state index contributed by atoms with van der Waals surface area (Å²) in [6.07, 6.45) is 1.18. The lowest BCUT2D eigenvalue weighted by molar-refractivity contribution is 0.602. The van der Waals surface area contributed by atoms with Crippen LogP contribution < -0.4 is 10.6 Å². The minimum Gasteiger partial charge on any atom is -0.397 e. The molecule has 4 nitrogen and oxygen atoms in total.